The largest absolute Gasteiger partial charge is 0.319 e. The molecular weight excluding hydrogens is 341 g/mol. The average Bonchev–Trinajstić information content (AvgIpc) is 2.88. The summed E-state index contributed by atoms with van der Waals surface area (Å²) >= 11 is 0.902. The van der Waals surface area contributed by atoms with Crippen LogP contribution in [0.15, 0.2) is 23.1 Å². The van der Waals surface area contributed by atoms with Gasteiger partial charge in [0.05, 0.1) is 16.3 Å². The Morgan fingerprint density at radius 1 is 1.48 bits per heavy atom. The van der Waals surface area contributed by atoms with E-state index in [0.29, 0.717) is 12.1 Å². The summed E-state index contributed by atoms with van der Waals surface area (Å²) in [5.74, 6) is -1.46. The van der Waals surface area contributed by atoms with Crippen LogP contribution in [0.4, 0.5) is 10.1 Å². The topological polar surface area (TPSA) is 89.0 Å². The van der Waals surface area contributed by atoms with Crippen LogP contribution in [0.2, 0.25) is 0 Å². The van der Waals surface area contributed by atoms with E-state index in [1.807, 2.05) is 6.92 Å². The fraction of sp³-hybridized carbons (Fsp3) is 0.182. The SMILES string of the molecule is CCc1nnsc1C(=O)Nc1ccc(S(=O)(=O)Cl)cc1F. The highest BCUT2D eigenvalue weighted by molar-refractivity contribution is 8.13. The molecule has 1 aromatic heterocycles. The number of anilines is 1. The molecule has 6 nitrogen and oxygen atoms in total. The van der Waals surface area contributed by atoms with Gasteiger partial charge < -0.3 is 5.32 Å². The minimum atomic E-state index is -4.02. The predicted octanol–water partition coefficient (Wildman–Crippen LogP) is 2.42. The van der Waals surface area contributed by atoms with Crippen LogP contribution < -0.4 is 5.32 Å². The molecule has 0 unspecified atom stereocenters. The lowest BCUT2D eigenvalue weighted by molar-refractivity contribution is 0.102. The second-order valence-corrected chi connectivity index (χ2v) is 7.26. The maximum absolute atomic E-state index is 13.8. The molecule has 0 aliphatic heterocycles. The Hall–Kier alpha value is -1.58. The van der Waals surface area contributed by atoms with E-state index in [2.05, 4.69) is 14.9 Å². The quantitative estimate of drug-likeness (QED) is 0.856. The Bertz CT molecular complexity index is 792. The molecule has 1 heterocycles. The minimum absolute atomic E-state index is 0.153. The number of rotatable bonds is 4. The molecule has 0 fully saturated rings. The van der Waals surface area contributed by atoms with Gasteiger partial charge in [-0.2, -0.15) is 0 Å². The van der Waals surface area contributed by atoms with Crippen molar-refractivity contribution in [2.24, 2.45) is 0 Å². The number of hydrogen-bond donors (Lipinski definition) is 1. The van der Waals surface area contributed by atoms with Gasteiger partial charge in [0.15, 0.2) is 0 Å². The normalized spacial score (nSPS) is 11.4. The number of hydrogen-bond acceptors (Lipinski definition) is 6. The Morgan fingerprint density at radius 2 is 2.19 bits per heavy atom. The van der Waals surface area contributed by atoms with E-state index < -0.39 is 20.8 Å². The van der Waals surface area contributed by atoms with Gasteiger partial charge in [-0.25, -0.2) is 12.8 Å². The summed E-state index contributed by atoms with van der Waals surface area (Å²) in [6.07, 6.45) is 0.519. The molecule has 0 saturated heterocycles. The third-order valence-electron chi connectivity index (χ3n) is 2.57. The van der Waals surface area contributed by atoms with Crippen molar-refractivity contribution < 1.29 is 17.6 Å². The number of aromatic nitrogens is 2. The van der Waals surface area contributed by atoms with Crippen molar-refractivity contribution in [3.63, 3.8) is 0 Å². The number of halogens is 2. The molecule has 2 aromatic rings. The molecule has 1 aromatic carbocycles. The maximum Gasteiger partial charge on any atom is 0.269 e. The van der Waals surface area contributed by atoms with Crippen molar-refractivity contribution in [3.05, 3.63) is 34.6 Å². The molecule has 21 heavy (non-hydrogen) atoms. The first-order chi connectivity index (χ1) is 9.82. The molecule has 1 N–H and O–H groups in total. The van der Waals surface area contributed by atoms with Gasteiger partial charge in [0.1, 0.15) is 10.7 Å². The lowest BCUT2D eigenvalue weighted by Crippen LogP contribution is -2.13. The van der Waals surface area contributed by atoms with Crippen molar-refractivity contribution in [2.45, 2.75) is 18.2 Å². The van der Waals surface area contributed by atoms with Crippen LogP contribution in [-0.4, -0.2) is 23.9 Å². The van der Waals surface area contributed by atoms with Gasteiger partial charge in [0, 0.05) is 10.7 Å². The van der Waals surface area contributed by atoms with E-state index in [4.69, 9.17) is 10.7 Å². The monoisotopic (exact) mass is 349 g/mol. The summed E-state index contributed by atoms with van der Waals surface area (Å²) in [6, 6.07) is 2.97. The van der Waals surface area contributed by atoms with Crippen molar-refractivity contribution >= 4 is 42.9 Å². The van der Waals surface area contributed by atoms with Gasteiger partial charge in [-0.15, -0.1) is 5.10 Å². The second kappa shape index (κ2) is 6.04. The third-order valence-corrected chi connectivity index (χ3v) is 4.69. The zero-order valence-corrected chi connectivity index (χ0v) is 13.0. The molecule has 0 spiro atoms. The van der Waals surface area contributed by atoms with Crippen molar-refractivity contribution in [3.8, 4) is 0 Å². The molecule has 2 rings (SSSR count). The van der Waals surface area contributed by atoms with E-state index >= 15 is 0 Å². The first-order valence-electron chi connectivity index (χ1n) is 5.69. The molecule has 0 aliphatic rings. The van der Waals surface area contributed by atoms with E-state index in [9.17, 15) is 17.6 Å². The Morgan fingerprint density at radius 3 is 2.76 bits per heavy atom. The van der Waals surface area contributed by atoms with Crippen LogP contribution >= 0.6 is 22.2 Å². The van der Waals surface area contributed by atoms with Crippen LogP contribution in [0.1, 0.15) is 22.3 Å². The van der Waals surface area contributed by atoms with Gasteiger partial charge >= 0.3 is 0 Å². The lowest BCUT2D eigenvalue weighted by atomic mass is 10.2. The molecule has 0 radical (unpaired) electrons. The van der Waals surface area contributed by atoms with Crippen molar-refractivity contribution in [2.75, 3.05) is 5.32 Å². The Labute approximate surface area is 128 Å². The number of carbonyl (C=O) groups is 1. The summed E-state index contributed by atoms with van der Waals surface area (Å²) in [6.45, 7) is 1.81. The standard InChI is InChI=1S/C11H9ClFN3O3S2/c1-2-8-10(20-16-15-8)11(17)14-9-4-3-6(5-7(9)13)21(12,18)19/h3-5H,2H2,1H3,(H,14,17). The summed E-state index contributed by atoms with van der Waals surface area (Å²) in [5, 5.41) is 6.13. The van der Waals surface area contributed by atoms with Crippen LogP contribution in [0.3, 0.4) is 0 Å². The third kappa shape index (κ3) is 3.55. The molecular formula is C11H9ClFN3O3S2. The van der Waals surface area contributed by atoms with Crippen LogP contribution in [-0.2, 0) is 15.5 Å². The Balaban J connectivity index is 2.26. The first kappa shape index (κ1) is 15.8. The zero-order chi connectivity index (χ0) is 15.6. The molecule has 112 valence electrons. The lowest BCUT2D eigenvalue weighted by Gasteiger charge is -2.06. The molecule has 0 atom stereocenters. The number of aryl methyl sites for hydroxylation is 1. The molecule has 0 aliphatic carbocycles. The predicted molar refractivity (Wildman–Crippen MR) is 76.7 cm³/mol. The first-order valence-corrected chi connectivity index (χ1v) is 8.78. The van der Waals surface area contributed by atoms with Crippen LogP contribution in [0.25, 0.3) is 0 Å². The van der Waals surface area contributed by atoms with Gasteiger partial charge in [0.2, 0.25) is 0 Å². The molecule has 10 heteroatoms. The Kier molecular flexibility index (Phi) is 4.55. The van der Waals surface area contributed by atoms with E-state index in [0.717, 1.165) is 29.7 Å². The van der Waals surface area contributed by atoms with E-state index in [-0.39, 0.29) is 15.5 Å². The average molecular weight is 350 g/mol. The number of benzene rings is 1. The minimum Gasteiger partial charge on any atom is -0.319 e. The molecule has 0 saturated carbocycles. The number of carbonyl (C=O) groups excluding carboxylic acids is 1. The van der Waals surface area contributed by atoms with Gasteiger partial charge in [-0.05, 0) is 36.2 Å². The highest BCUT2D eigenvalue weighted by Crippen LogP contribution is 2.22. The highest BCUT2D eigenvalue weighted by Gasteiger charge is 2.18. The molecule has 1 amide bonds. The fourth-order valence-electron chi connectivity index (χ4n) is 1.54. The zero-order valence-electron chi connectivity index (χ0n) is 10.6. The van der Waals surface area contributed by atoms with Gasteiger partial charge in [0.25, 0.3) is 15.0 Å². The van der Waals surface area contributed by atoms with Crippen molar-refractivity contribution in [1.82, 2.24) is 9.59 Å². The van der Waals surface area contributed by atoms with E-state index in [1.54, 1.807) is 0 Å². The summed E-state index contributed by atoms with van der Waals surface area (Å²) < 4.78 is 39.6. The summed E-state index contributed by atoms with van der Waals surface area (Å²) in [4.78, 5) is 11.9. The smallest absolute Gasteiger partial charge is 0.269 e. The number of nitrogens with zero attached hydrogens (tertiary/aromatic N) is 2. The number of amides is 1. The second-order valence-electron chi connectivity index (χ2n) is 3.94. The highest BCUT2D eigenvalue weighted by atomic mass is 35.7. The maximum atomic E-state index is 13.8. The fourth-order valence-corrected chi connectivity index (χ4v) is 2.95. The van der Waals surface area contributed by atoms with Crippen LogP contribution in [0.5, 0.6) is 0 Å². The van der Waals surface area contributed by atoms with E-state index in [1.165, 1.54) is 0 Å². The van der Waals surface area contributed by atoms with Crippen molar-refractivity contribution in [1.29, 1.82) is 0 Å². The summed E-state index contributed by atoms with van der Waals surface area (Å²) in [7, 11) is 1.09. The molecule has 0 bridgehead atoms. The van der Waals surface area contributed by atoms with Gasteiger partial charge in [-0.3, -0.25) is 4.79 Å². The van der Waals surface area contributed by atoms with Crippen LogP contribution in [0, 0.1) is 5.82 Å². The number of nitrogens with one attached hydrogen (secondary N) is 1. The van der Waals surface area contributed by atoms with Gasteiger partial charge in [-0.1, -0.05) is 11.4 Å². The summed E-state index contributed by atoms with van der Waals surface area (Å²) in [5.41, 5.74) is 0.359.